The van der Waals surface area contributed by atoms with Crippen LogP contribution in [-0.4, -0.2) is 10.7 Å². The van der Waals surface area contributed by atoms with E-state index in [1.165, 1.54) is 0 Å². The van der Waals surface area contributed by atoms with Gasteiger partial charge in [0, 0.05) is 12.5 Å². The van der Waals surface area contributed by atoms with Crippen molar-refractivity contribution in [1.29, 1.82) is 5.26 Å². The van der Waals surface area contributed by atoms with E-state index in [1.807, 2.05) is 6.07 Å². The largest absolute Gasteiger partial charge is 0.312 e. The van der Waals surface area contributed by atoms with E-state index in [0.29, 0.717) is 11.1 Å². The minimum atomic E-state index is -0.722. The quantitative estimate of drug-likeness (QED) is 0.450. The molecule has 0 unspecified atom stereocenters. The predicted molar refractivity (Wildman–Crippen MR) is 61.4 cm³/mol. The molecule has 86 valence electrons. The number of rotatable bonds is 4. The second kappa shape index (κ2) is 5.56. The van der Waals surface area contributed by atoms with Crippen molar-refractivity contribution in [3.05, 3.63) is 51.2 Å². The Morgan fingerprint density at radius 2 is 2.18 bits per heavy atom. The zero-order valence-corrected chi connectivity index (χ0v) is 9.21. The zero-order valence-electron chi connectivity index (χ0n) is 9.21. The van der Waals surface area contributed by atoms with Crippen LogP contribution in [0.15, 0.2) is 30.0 Å². The number of Topliss-reactive ketones (excluding diaryl/α,β-unsaturated/α-hetero) is 1. The van der Waals surface area contributed by atoms with E-state index in [0.717, 1.165) is 6.08 Å². The van der Waals surface area contributed by atoms with Crippen LogP contribution in [0.25, 0.3) is 6.08 Å². The van der Waals surface area contributed by atoms with Crippen LogP contribution in [0.4, 0.5) is 0 Å². The molecule has 1 aromatic carbocycles. The minimum absolute atomic E-state index is 0.0571. The van der Waals surface area contributed by atoms with E-state index >= 15 is 0 Å². The molecular weight excluding hydrogens is 220 g/mol. The number of hydrogen-bond donors (Lipinski definition) is 0. The van der Waals surface area contributed by atoms with Gasteiger partial charge >= 0.3 is 5.70 Å². The van der Waals surface area contributed by atoms with Crippen molar-refractivity contribution in [2.45, 2.75) is 13.3 Å². The molecule has 0 atom stereocenters. The summed E-state index contributed by atoms with van der Waals surface area (Å²) >= 11 is 0. The third-order valence-electron chi connectivity index (χ3n) is 2.18. The SMILES string of the molecule is CCC(=O)C(=Cc1ccccc1C#N)[N+](=O)[O-]. The van der Waals surface area contributed by atoms with Crippen LogP contribution >= 0.6 is 0 Å². The highest BCUT2D eigenvalue weighted by atomic mass is 16.6. The second-order valence-electron chi connectivity index (χ2n) is 3.26. The fourth-order valence-electron chi connectivity index (χ4n) is 1.29. The number of benzene rings is 1. The predicted octanol–water partition coefficient (Wildman–Crippen LogP) is 2.15. The van der Waals surface area contributed by atoms with Crippen molar-refractivity contribution in [3.63, 3.8) is 0 Å². The molecule has 0 saturated carbocycles. The van der Waals surface area contributed by atoms with E-state index in [2.05, 4.69) is 0 Å². The first kappa shape index (κ1) is 12.6. The van der Waals surface area contributed by atoms with Gasteiger partial charge in [-0.25, -0.2) is 0 Å². The lowest BCUT2D eigenvalue weighted by Gasteiger charge is -1.98. The minimum Gasteiger partial charge on any atom is -0.287 e. The molecule has 0 aliphatic heterocycles. The van der Waals surface area contributed by atoms with Gasteiger partial charge in [0.05, 0.1) is 16.6 Å². The Morgan fingerprint density at radius 3 is 2.71 bits per heavy atom. The summed E-state index contributed by atoms with van der Waals surface area (Å²) in [5.74, 6) is -0.553. The monoisotopic (exact) mass is 230 g/mol. The molecule has 1 rings (SSSR count). The summed E-state index contributed by atoms with van der Waals surface area (Å²) in [5, 5.41) is 19.6. The van der Waals surface area contributed by atoms with Gasteiger partial charge in [0.25, 0.3) is 0 Å². The standard InChI is InChI=1S/C12H10N2O3/c1-2-12(15)11(14(16)17)7-9-5-3-4-6-10(9)8-13/h3-7H,2H2,1H3. The molecule has 0 N–H and O–H groups in total. The summed E-state index contributed by atoms with van der Waals surface area (Å²) in [6.45, 7) is 1.55. The molecule has 0 fully saturated rings. The fraction of sp³-hybridized carbons (Fsp3) is 0.167. The second-order valence-corrected chi connectivity index (χ2v) is 3.26. The lowest BCUT2D eigenvalue weighted by molar-refractivity contribution is -0.417. The van der Waals surface area contributed by atoms with Gasteiger partial charge in [0.15, 0.2) is 0 Å². The molecule has 0 saturated heterocycles. The molecule has 5 heteroatoms. The van der Waals surface area contributed by atoms with Gasteiger partial charge in [-0.05, 0) is 11.6 Å². The molecule has 17 heavy (non-hydrogen) atoms. The van der Waals surface area contributed by atoms with E-state index in [4.69, 9.17) is 5.26 Å². The number of nitrogens with zero attached hydrogens (tertiary/aromatic N) is 2. The van der Waals surface area contributed by atoms with Gasteiger partial charge in [0.2, 0.25) is 5.78 Å². The highest BCUT2D eigenvalue weighted by Gasteiger charge is 2.20. The Morgan fingerprint density at radius 1 is 1.53 bits per heavy atom. The van der Waals surface area contributed by atoms with Gasteiger partial charge in [-0.1, -0.05) is 25.1 Å². The Bertz CT molecular complexity index is 527. The molecule has 0 aliphatic carbocycles. The van der Waals surface area contributed by atoms with Crippen molar-refractivity contribution in [2.75, 3.05) is 0 Å². The molecule has 0 amide bonds. The summed E-state index contributed by atoms with van der Waals surface area (Å²) in [7, 11) is 0. The molecule has 0 spiro atoms. The molecule has 5 nitrogen and oxygen atoms in total. The summed E-state index contributed by atoms with van der Waals surface area (Å²) in [6.07, 6.45) is 1.20. The van der Waals surface area contributed by atoms with Crippen molar-refractivity contribution < 1.29 is 9.72 Å². The number of hydrogen-bond acceptors (Lipinski definition) is 4. The Labute approximate surface area is 98.1 Å². The van der Waals surface area contributed by atoms with Gasteiger partial charge in [0.1, 0.15) is 0 Å². The maximum absolute atomic E-state index is 11.4. The Kier molecular flexibility index (Phi) is 4.12. The van der Waals surface area contributed by atoms with Crippen LogP contribution in [0, 0.1) is 21.4 Å². The van der Waals surface area contributed by atoms with Crippen LogP contribution < -0.4 is 0 Å². The molecule has 0 aromatic heterocycles. The Hall–Kier alpha value is -2.48. The molecular formula is C12H10N2O3. The lowest BCUT2D eigenvalue weighted by atomic mass is 10.1. The van der Waals surface area contributed by atoms with E-state index in [9.17, 15) is 14.9 Å². The van der Waals surface area contributed by atoms with Crippen molar-refractivity contribution in [3.8, 4) is 6.07 Å². The topological polar surface area (TPSA) is 84.0 Å². The maximum Gasteiger partial charge on any atom is 0.312 e. The van der Waals surface area contributed by atoms with E-state index < -0.39 is 16.4 Å². The summed E-state index contributed by atoms with van der Waals surface area (Å²) in [4.78, 5) is 21.4. The van der Waals surface area contributed by atoms with Crippen LogP contribution in [0.3, 0.4) is 0 Å². The first-order chi connectivity index (χ1) is 8.10. The van der Waals surface area contributed by atoms with Crippen LogP contribution in [0.2, 0.25) is 0 Å². The molecule has 0 bridgehead atoms. The van der Waals surface area contributed by atoms with E-state index in [1.54, 1.807) is 31.2 Å². The zero-order chi connectivity index (χ0) is 12.8. The third kappa shape index (κ3) is 2.98. The number of nitro groups is 1. The molecule has 1 aromatic rings. The van der Waals surface area contributed by atoms with Gasteiger partial charge in [-0.15, -0.1) is 0 Å². The van der Waals surface area contributed by atoms with E-state index in [-0.39, 0.29) is 6.42 Å². The van der Waals surface area contributed by atoms with Crippen LogP contribution in [0.5, 0.6) is 0 Å². The molecule has 0 aliphatic rings. The number of ketones is 1. The first-order valence-corrected chi connectivity index (χ1v) is 4.98. The Balaban J connectivity index is 3.28. The normalized spacial score (nSPS) is 10.7. The number of carbonyl (C=O) groups is 1. The number of carbonyl (C=O) groups excluding carboxylic acids is 1. The average molecular weight is 230 g/mol. The van der Waals surface area contributed by atoms with Gasteiger partial charge in [-0.3, -0.25) is 14.9 Å². The highest BCUT2D eigenvalue weighted by Crippen LogP contribution is 2.14. The van der Waals surface area contributed by atoms with Crippen molar-refractivity contribution >= 4 is 11.9 Å². The van der Waals surface area contributed by atoms with Crippen molar-refractivity contribution in [1.82, 2.24) is 0 Å². The highest BCUT2D eigenvalue weighted by molar-refractivity contribution is 5.97. The van der Waals surface area contributed by atoms with Crippen molar-refractivity contribution in [2.24, 2.45) is 0 Å². The summed E-state index contributed by atoms with van der Waals surface area (Å²) < 4.78 is 0. The van der Waals surface area contributed by atoms with Gasteiger partial charge in [-0.2, -0.15) is 5.26 Å². The summed E-state index contributed by atoms with van der Waals surface area (Å²) in [5.41, 5.74) is 0.189. The van der Waals surface area contributed by atoms with Crippen LogP contribution in [0.1, 0.15) is 24.5 Å². The first-order valence-electron chi connectivity index (χ1n) is 4.98. The fourth-order valence-corrected chi connectivity index (χ4v) is 1.29. The maximum atomic E-state index is 11.4. The van der Waals surface area contributed by atoms with Gasteiger partial charge < -0.3 is 0 Å². The number of allylic oxidation sites excluding steroid dienone is 1. The van der Waals surface area contributed by atoms with Crippen LogP contribution in [-0.2, 0) is 4.79 Å². The summed E-state index contributed by atoms with van der Waals surface area (Å²) in [6, 6.07) is 8.33. The molecule has 0 heterocycles. The third-order valence-corrected chi connectivity index (χ3v) is 2.18. The molecule has 0 radical (unpaired) electrons. The number of nitriles is 1. The lowest BCUT2D eigenvalue weighted by Crippen LogP contribution is -2.10. The smallest absolute Gasteiger partial charge is 0.287 e. The average Bonchev–Trinajstić information content (AvgIpc) is 2.35.